The summed E-state index contributed by atoms with van der Waals surface area (Å²) in [6, 6.07) is 7.50. The number of ether oxygens (including phenoxy) is 3. The van der Waals surface area contributed by atoms with Crippen LogP contribution in [0.25, 0.3) is 6.08 Å². The Hall–Kier alpha value is -1.85. The van der Waals surface area contributed by atoms with Gasteiger partial charge in [-0.05, 0) is 30.7 Å². The van der Waals surface area contributed by atoms with Crippen molar-refractivity contribution in [3.05, 3.63) is 35.9 Å². The van der Waals surface area contributed by atoms with E-state index in [2.05, 4.69) is 0 Å². The van der Waals surface area contributed by atoms with Crippen molar-refractivity contribution < 1.29 is 23.9 Å². The van der Waals surface area contributed by atoms with Crippen LogP contribution in [0.4, 0.5) is 0 Å². The normalized spacial score (nSPS) is 17.4. The van der Waals surface area contributed by atoms with E-state index in [0.717, 1.165) is 44.2 Å². The molecular formula is C17H24NO4+. The number of morpholine rings is 1. The summed E-state index contributed by atoms with van der Waals surface area (Å²) in [4.78, 5) is 13.2. The van der Waals surface area contributed by atoms with Crippen LogP contribution < -0.4 is 9.64 Å². The van der Waals surface area contributed by atoms with E-state index in [1.54, 1.807) is 13.2 Å². The SMILES string of the molecule is COc1ccc(/C=C/C(=O)O[C@H](C)C[NH+]2CCOCC2)cc1. The number of hydrogen-bond acceptors (Lipinski definition) is 4. The highest BCUT2D eigenvalue weighted by Gasteiger charge is 2.18. The summed E-state index contributed by atoms with van der Waals surface area (Å²) in [6.07, 6.45) is 3.12. The number of nitrogens with one attached hydrogen (secondary N) is 1. The fourth-order valence-corrected chi connectivity index (χ4v) is 2.43. The monoisotopic (exact) mass is 306 g/mol. The molecule has 0 unspecified atom stereocenters. The maximum absolute atomic E-state index is 11.8. The second kappa shape index (κ2) is 8.56. The van der Waals surface area contributed by atoms with Gasteiger partial charge in [-0.15, -0.1) is 0 Å². The molecule has 1 N–H and O–H groups in total. The lowest BCUT2D eigenvalue weighted by molar-refractivity contribution is -0.910. The minimum atomic E-state index is -0.309. The summed E-state index contributed by atoms with van der Waals surface area (Å²) < 4.78 is 15.8. The van der Waals surface area contributed by atoms with Gasteiger partial charge in [0.25, 0.3) is 0 Å². The molecule has 1 aromatic rings. The predicted octanol–water partition coefficient (Wildman–Crippen LogP) is 0.555. The van der Waals surface area contributed by atoms with Gasteiger partial charge in [-0.1, -0.05) is 12.1 Å². The first-order chi connectivity index (χ1) is 10.7. The van der Waals surface area contributed by atoms with Crippen LogP contribution in [-0.4, -0.2) is 52.0 Å². The molecule has 0 amide bonds. The zero-order valence-electron chi connectivity index (χ0n) is 13.2. The highest BCUT2D eigenvalue weighted by molar-refractivity contribution is 5.87. The lowest BCUT2D eigenvalue weighted by Gasteiger charge is -2.25. The summed E-state index contributed by atoms with van der Waals surface area (Å²) in [6.45, 7) is 6.28. The molecule has 0 saturated carbocycles. The molecule has 1 aliphatic heterocycles. The molecule has 0 aromatic heterocycles. The van der Waals surface area contributed by atoms with Crippen LogP contribution >= 0.6 is 0 Å². The van der Waals surface area contributed by atoms with Gasteiger partial charge in [0.2, 0.25) is 0 Å². The Balaban J connectivity index is 1.76. The number of rotatable bonds is 6. The first-order valence-corrected chi connectivity index (χ1v) is 7.61. The Morgan fingerprint density at radius 1 is 1.32 bits per heavy atom. The van der Waals surface area contributed by atoms with Gasteiger partial charge in [0.15, 0.2) is 0 Å². The molecule has 0 bridgehead atoms. The Morgan fingerprint density at radius 3 is 2.64 bits per heavy atom. The van der Waals surface area contributed by atoms with Crippen molar-refractivity contribution in [2.24, 2.45) is 0 Å². The molecule has 0 aliphatic carbocycles. The largest absolute Gasteiger partial charge is 0.497 e. The quantitative estimate of drug-likeness (QED) is 0.616. The van der Waals surface area contributed by atoms with Crippen molar-refractivity contribution >= 4 is 12.0 Å². The molecule has 22 heavy (non-hydrogen) atoms. The molecule has 1 fully saturated rings. The number of methoxy groups -OCH3 is 1. The molecule has 5 nitrogen and oxygen atoms in total. The molecule has 0 spiro atoms. The second-order valence-electron chi connectivity index (χ2n) is 5.42. The van der Waals surface area contributed by atoms with Crippen LogP contribution in [0, 0.1) is 0 Å². The zero-order valence-corrected chi connectivity index (χ0v) is 13.2. The van der Waals surface area contributed by atoms with Crippen LogP contribution in [0.3, 0.4) is 0 Å². The molecule has 1 saturated heterocycles. The van der Waals surface area contributed by atoms with Crippen molar-refractivity contribution in [3.8, 4) is 5.75 Å². The lowest BCUT2D eigenvalue weighted by atomic mass is 10.2. The standard InChI is InChI=1S/C17H23NO4/c1-14(13-18-9-11-21-12-10-18)22-17(19)8-5-15-3-6-16(20-2)7-4-15/h3-8,14H,9-13H2,1-2H3/p+1/b8-5+/t14-/m1/s1. The van der Waals surface area contributed by atoms with Crippen molar-refractivity contribution in [1.82, 2.24) is 0 Å². The Kier molecular flexibility index (Phi) is 6.43. The molecule has 1 aliphatic rings. The smallest absolute Gasteiger partial charge is 0.331 e. The summed E-state index contributed by atoms with van der Waals surface area (Å²) in [7, 11) is 1.63. The van der Waals surface area contributed by atoms with Gasteiger partial charge in [0.05, 0.1) is 20.3 Å². The summed E-state index contributed by atoms with van der Waals surface area (Å²) in [5.74, 6) is 0.484. The topological polar surface area (TPSA) is 49.2 Å². The summed E-state index contributed by atoms with van der Waals surface area (Å²) in [5.41, 5.74) is 0.934. The zero-order chi connectivity index (χ0) is 15.8. The molecular weight excluding hydrogens is 282 g/mol. The van der Waals surface area contributed by atoms with Gasteiger partial charge in [-0.2, -0.15) is 0 Å². The number of benzene rings is 1. The molecule has 1 heterocycles. The first-order valence-electron chi connectivity index (χ1n) is 7.61. The average molecular weight is 306 g/mol. The average Bonchev–Trinajstić information content (AvgIpc) is 2.54. The molecule has 1 atom stereocenters. The molecule has 5 heteroatoms. The fourth-order valence-electron chi connectivity index (χ4n) is 2.43. The Bertz CT molecular complexity index is 492. The second-order valence-corrected chi connectivity index (χ2v) is 5.42. The number of carbonyl (C=O) groups excluding carboxylic acids is 1. The van der Waals surface area contributed by atoms with E-state index in [-0.39, 0.29) is 12.1 Å². The minimum absolute atomic E-state index is 0.0962. The summed E-state index contributed by atoms with van der Waals surface area (Å²) in [5, 5.41) is 0. The third-order valence-corrected chi connectivity index (χ3v) is 3.62. The van der Waals surface area contributed by atoms with Crippen LogP contribution in [0.1, 0.15) is 12.5 Å². The number of hydrogen-bond donors (Lipinski definition) is 1. The van der Waals surface area contributed by atoms with E-state index in [4.69, 9.17) is 14.2 Å². The van der Waals surface area contributed by atoms with Crippen LogP contribution in [0.15, 0.2) is 30.3 Å². The van der Waals surface area contributed by atoms with Gasteiger partial charge < -0.3 is 19.1 Å². The van der Waals surface area contributed by atoms with E-state index < -0.39 is 0 Å². The van der Waals surface area contributed by atoms with Crippen molar-refractivity contribution in [2.75, 3.05) is 40.0 Å². The number of esters is 1. The first kappa shape index (κ1) is 16.5. The minimum Gasteiger partial charge on any atom is -0.497 e. The van der Waals surface area contributed by atoms with Gasteiger partial charge in [-0.3, -0.25) is 0 Å². The molecule has 1 aromatic carbocycles. The van der Waals surface area contributed by atoms with E-state index in [1.807, 2.05) is 31.2 Å². The highest BCUT2D eigenvalue weighted by atomic mass is 16.5. The number of quaternary nitrogens is 1. The third kappa shape index (κ3) is 5.50. The Morgan fingerprint density at radius 2 is 2.00 bits per heavy atom. The van der Waals surface area contributed by atoms with Gasteiger partial charge in [0.1, 0.15) is 31.5 Å². The predicted molar refractivity (Wildman–Crippen MR) is 84.0 cm³/mol. The Labute approximate surface area is 131 Å². The molecule has 2 rings (SSSR count). The van der Waals surface area contributed by atoms with Crippen LogP contribution in [0.2, 0.25) is 0 Å². The lowest BCUT2D eigenvalue weighted by Crippen LogP contribution is -3.15. The summed E-state index contributed by atoms with van der Waals surface area (Å²) >= 11 is 0. The highest BCUT2D eigenvalue weighted by Crippen LogP contribution is 2.12. The van der Waals surface area contributed by atoms with Crippen LogP contribution in [-0.2, 0) is 14.3 Å². The maximum atomic E-state index is 11.8. The van der Waals surface area contributed by atoms with E-state index in [9.17, 15) is 4.79 Å². The van der Waals surface area contributed by atoms with Gasteiger partial charge >= 0.3 is 5.97 Å². The fraction of sp³-hybridized carbons (Fsp3) is 0.471. The van der Waals surface area contributed by atoms with Gasteiger partial charge in [-0.25, -0.2) is 4.79 Å². The van der Waals surface area contributed by atoms with Crippen molar-refractivity contribution in [2.45, 2.75) is 13.0 Å². The molecule has 120 valence electrons. The van der Waals surface area contributed by atoms with Gasteiger partial charge in [0, 0.05) is 6.08 Å². The van der Waals surface area contributed by atoms with E-state index in [0.29, 0.717) is 0 Å². The van der Waals surface area contributed by atoms with Crippen LogP contribution in [0.5, 0.6) is 5.75 Å². The third-order valence-electron chi connectivity index (χ3n) is 3.62. The van der Waals surface area contributed by atoms with Crippen molar-refractivity contribution in [3.63, 3.8) is 0 Å². The van der Waals surface area contributed by atoms with Crippen molar-refractivity contribution in [1.29, 1.82) is 0 Å². The van der Waals surface area contributed by atoms with E-state index >= 15 is 0 Å². The maximum Gasteiger partial charge on any atom is 0.331 e. The number of carbonyl (C=O) groups is 1. The van der Waals surface area contributed by atoms with E-state index in [1.165, 1.54) is 11.0 Å². The molecule has 0 radical (unpaired) electrons.